The van der Waals surface area contributed by atoms with Gasteiger partial charge in [0.1, 0.15) is 5.69 Å². The van der Waals surface area contributed by atoms with Crippen molar-refractivity contribution in [1.29, 1.82) is 0 Å². The number of rotatable bonds is 4. The molecule has 2 N–H and O–H groups in total. The monoisotopic (exact) mass is 299 g/mol. The molecular formula is C13H12F3N3O2. The number of carbonyl (C=O) groups is 1. The predicted octanol–water partition coefficient (Wildman–Crippen LogP) is 1.53. The van der Waals surface area contributed by atoms with E-state index in [1.807, 2.05) is 5.32 Å². The van der Waals surface area contributed by atoms with Gasteiger partial charge in [-0.25, -0.2) is 4.98 Å². The van der Waals surface area contributed by atoms with E-state index in [0.717, 1.165) is 0 Å². The van der Waals surface area contributed by atoms with Gasteiger partial charge in [0, 0.05) is 5.69 Å². The molecule has 0 aliphatic carbocycles. The molecule has 112 valence electrons. The summed E-state index contributed by atoms with van der Waals surface area (Å²) >= 11 is 0. The van der Waals surface area contributed by atoms with Gasteiger partial charge in [-0.05, 0) is 12.1 Å². The van der Waals surface area contributed by atoms with Crippen molar-refractivity contribution in [2.75, 3.05) is 6.54 Å². The van der Waals surface area contributed by atoms with E-state index in [1.54, 1.807) is 30.3 Å². The zero-order valence-electron chi connectivity index (χ0n) is 10.7. The molecule has 0 bridgehead atoms. The highest BCUT2D eigenvalue weighted by atomic mass is 19.4. The molecule has 8 heteroatoms. The van der Waals surface area contributed by atoms with Gasteiger partial charge in [-0.1, -0.05) is 18.2 Å². The molecular weight excluding hydrogens is 287 g/mol. The van der Waals surface area contributed by atoms with Crippen LogP contribution in [0.2, 0.25) is 0 Å². The lowest BCUT2D eigenvalue weighted by Crippen LogP contribution is -2.41. The van der Waals surface area contributed by atoms with Crippen molar-refractivity contribution >= 4 is 5.91 Å². The summed E-state index contributed by atoms with van der Waals surface area (Å²) in [4.78, 5) is 15.7. The molecule has 1 amide bonds. The number of nitrogens with one attached hydrogen (secondary N) is 1. The second kappa shape index (κ2) is 5.96. The van der Waals surface area contributed by atoms with E-state index in [0.29, 0.717) is 5.69 Å². The summed E-state index contributed by atoms with van der Waals surface area (Å²) < 4.78 is 37.9. The average molecular weight is 299 g/mol. The molecule has 0 spiro atoms. The second-order valence-corrected chi connectivity index (χ2v) is 4.25. The summed E-state index contributed by atoms with van der Waals surface area (Å²) in [7, 11) is 0. The third kappa shape index (κ3) is 3.60. The highest BCUT2D eigenvalue weighted by molar-refractivity contribution is 5.93. The number of nitrogens with zero attached hydrogens (tertiary/aromatic N) is 2. The number of benzene rings is 1. The van der Waals surface area contributed by atoms with Crippen LogP contribution in [0.3, 0.4) is 0 Å². The summed E-state index contributed by atoms with van der Waals surface area (Å²) in [5, 5.41) is 10.9. The van der Waals surface area contributed by atoms with E-state index in [1.165, 1.54) is 17.1 Å². The highest BCUT2D eigenvalue weighted by Crippen LogP contribution is 2.19. The Balaban J connectivity index is 2.10. The number of carbonyl (C=O) groups excluding carboxylic acids is 1. The maximum atomic E-state index is 12.2. The van der Waals surface area contributed by atoms with Gasteiger partial charge in [-0.3, -0.25) is 9.36 Å². The maximum absolute atomic E-state index is 12.2. The molecule has 0 fully saturated rings. The average Bonchev–Trinajstić information content (AvgIpc) is 2.93. The fraction of sp³-hybridized carbons (Fsp3) is 0.231. The molecule has 0 aliphatic rings. The van der Waals surface area contributed by atoms with Crippen LogP contribution in [-0.4, -0.2) is 39.4 Å². The van der Waals surface area contributed by atoms with Crippen LogP contribution < -0.4 is 5.32 Å². The normalized spacial score (nSPS) is 13.0. The van der Waals surface area contributed by atoms with Crippen LogP contribution in [0.1, 0.15) is 10.5 Å². The summed E-state index contributed by atoms with van der Waals surface area (Å²) in [5.41, 5.74) is 0.729. The van der Waals surface area contributed by atoms with Crippen molar-refractivity contribution < 1.29 is 23.1 Å². The number of aromatic nitrogens is 2. The molecule has 1 aromatic carbocycles. The minimum Gasteiger partial charge on any atom is -0.382 e. The first kappa shape index (κ1) is 15.0. The lowest BCUT2D eigenvalue weighted by Gasteiger charge is -2.15. The molecule has 5 nitrogen and oxygen atoms in total. The molecule has 0 aliphatic heterocycles. The summed E-state index contributed by atoms with van der Waals surface area (Å²) in [5.74, 6) is -0.750. The predicted molar refractivity (Wildman–Crippen MR) is 68.0 cm³/mol. The quantitative estimate of drug-likeness (QED) is 0.899. The standard InChI is InChI=1S/C13H12F3N3O2/c14-13(15,16)11(20)7-18-12(21)10-6-17-8-19(10)9-4-2-1-3-5-9/h1-6,8,11,20H,7H2,(H,18,21). The minimum absolute atomic E-state index is 0.0792. The first-order valence-electron chi connectivity index (χ1n) is 6.00. The Bertz CT molecular complexity index is 611. The van der Waals surface area contributed by atoms with Gasteiger partial charge in [0.2, 0.25) is 0 Å². The van der Waals surface area contributed by atoms with Crippen molar-refractivity contribution in [3.63, 3.8) is 0 Å². The van der Waals surface area contributed by atoms with Crippen molar-refractivity contribution in [2.45, 2.75) is 12.3 Å². The van der Waals surface area contributed by atoms with E-state index in [-0.39, 0.29) is 5.69 Å². The van der Waals surface area contributed by atoms with Gasteiger partial charge in [-0.15, -0.1) is 0 Å². The lowest BCUT2D eigenvalue weighted by atomic mass is 10.3. The van der Waals surface area contributed by atoms with Gasteiger partial charge in [0.05, 0.1) is 19.1 Å². The van der Waals surface area contributed by atoms with Crippen LogP contribution in [0.25, 0.3) is 5.69 Å². The lowest BCUT2D eigenvalue weighted by molar-refractivity contribution is -0.201. The first-order valence-corrected chi connectivity index (χ1v) is 6.00. The van der Waals surface area contributed by atoms with E-state index in [2.05, 4.69) is 4.98 Å². The number of halogens is 3. The fourth-order valence-corrected chi connectivity index (χ4v) is 1.65. The Morgan fingerprint density at radius 1 is 1.33 bits per heavy atom. The third-order valence-electron chi connectivity index (χ3n) is 2.74. The van der Waals surface area contributed by atoms with Crippen molar-refractivity contribution in [3.8, 4) is 5.69 Å². The molecule has 1 atom stereocenters. The SMILES string of the molecule is O=C(NCC(O)C(F)(F)F)c1cncn1-c1ccccc1. The van der Waals surface area contributed by atoms with Gasteiger partial charge in [0.25, 0.3) is 5.91 Å². The zero-order valence-corrected chi connectivity index (χ0v) is 10.7. The molecule has 2 rings (SSSR count). The van der Waals surface area contributed by atoms with E-state index < -0.39 is 24.7 Å². The Morgan fingerprint density at radius 3 is 2.62 bits per heavy atom. The van der Waals surface area contributed by atoms with Crippen LogP contribution in [-0.2, 0) is 0 Å². The number of aliphatic hydroxyl groups excluding tert-OH is 1. The highest BCUT2D eigenvalue weighted by Gasteiger charge is 2.38. The van der Waals surface area contributed by atoms with E-state index in [9.17, 15) is 18.0 Å². The molecule has 1 unspecified atom stereocenters. The molecule has 0 saturated heterocycles. The minimum atomic E-state index is -4.77. The smallest absolute Gasteiger partial charge is 0.382 e. The topological polar surface area (TPSA) is 67.2 Å². The van der Waals surface area contributed by atoms with Crippen LogP contribution in [0.15, 0.2) is 42.9 Å². The van der Waals surface area contributed by atoms with Crippen LogP contribution >= 0.6 is 0 Å². The maximum Gasteiger partial charge on any atom is 0.416 e. The van der Waals surface area contributed by atoms with Crippen molar-refractivity contribution in [3.05, 3.63) is 48.5 Å². The van der Waals surface area contributed by atoms with Crippen LogP contribution in [0, 0.1) is 0 Å². The second-order valence-electron chi connectivity index (χ2n) is 4.25. The third-order valence-corrected chi connectivity index (χ3v) is 2.74. The van der Waals surface area contributed by atoms with Gasteiger partial charge in [-0.2, -0.15) is 13.2 Å². The van der Waals surface area contributed by atoms with Gasteiger partial charge < -0.3 is 10.4 Å². The van der Waals surface area contributed by atoms with E-state index in [4.69, 9.17) is 5.11 Å². The summed E-state index contributed by atoms with van der Waals surface area (Å²) in [6.07, 6.45) is -4.76. The van der Waals surface area contributed by atoms with E-state index >= 15 is 0 Å². The number of hydrogen-bond acceptors (Lipinski definition) is 3. The molecule has 2 aromatic rings. The molecule has 1 aromatic heterocycles. The summed E-state index contributed by atoms with van der Waals surface area (Å²) in [6.45, 7) is -0.914. The fourth-order valence-electron chi connectivity index (χ4n) is 1.65. The van der Waals surface area contributed by atoms with Gasteiger partial charge in [0.15, 0.2) is 6.10 Å². The number of aliphatic hydroxyl groups is 1. The molecule has 0 radical (unpaired) electrons. The largest absolute Gasteiger partial charge is 0.416 e. The van der Waals surface area contributed by atoms with Gasteiger partial charge >= 0.3 is 6.18 Å². The Hall–Kier alpha value is -2.35. The Morgan fingerprint density at radius 2 is 2.00 bits per heavy atom. The number of alkyl halides is 3. The molecule has 0 saturated carbocycles. The van der Waals surface area contributed by atoms with Crippen molar-refractivity contribution in [2.24, 2.45) is 0 Å². The molecule has 21 heavy (non-hydrogen) atoms. The first-order chi connectivity index (χ1) is 9.89. The Kier molecular flexibility index (Phi) is 4.27. The number of imidazole rings is 1. The molecule has 1 heterocycles. The summed E-state index contributed by atoms with van der Waals surface area (Å²) in [6, 6.07) is 8.75. The number of amides is 1. The van der Waals surface area contributed by atoms with Crippen LogP contribution in [0.4, 0.5) is 13.2 Å². The van der Waals surface area contributed by atoms with Crippen molar-refractivity contribution in [1.82, 2.24) is 14.9 Å². The zero-order chi connectivity index (χ0) is 15.5. The number of hydrogen-bond donors (Lipinski definition) is 2. The Labute approximate surface area is 118 Å². The number of para-hydroxylation sites is 1. The van der Waals surface area contributed by atoms with Crippen LogP contribution in [0.5, 0.6) is 0 Å².